The van der Waals surface area contributed by atoms with Gasteiger partial charge in [-0.1, -0.05) is 20.8 Å². The average molecular weight is 247 g/mol. The van der Waals surface area contributed by atoms with Crippen molar-refractivity contribution < 1.29 is 13.2 Å². The van der Waals surface area contributed by atoms with Gasteiger partial charge in [0, 0.05) is 19.5 Å². The monoisotopic (exact) mass is 247 g/mol. The zero-order valence-corrected chi connectivity index (χ0v) is 11.3. The first-order valence-electron chi connectivity index (χ1n) is 5.58. The van der Waals surface area contributed by atoms with Gasteiger partial charge in [-0.2, -0.15) is 0 Å². The summed E-state index contributed by atoms with van der Waals surface area (Å²) in [5.41, 5.74) is -0.00196. The zero-order chi connectivity index (χ0) is 12.6. The molecule has 0 aromatic heterocycles. The second-order valence-corrected chi connectivity index (χ2v) is 7.99. The third kappa shape index (κ3) is 3.77. The lowest BCUT2D eigenvalue weighted by molar-refractivity contribution is -0.132. The minimum absolute atomic E-state index is 0.00196. The molecule has 1 saturated heterocycles. The highest BCUT2D eigenvalue weighted by Crippen LogP contribution is 2.23. The Hall–Kier alpha value is -0.580. The number of carbonyl (C=O) groups is 1. The summed E-state index contributed by atoms with van der Waals surface area (Å²) >= 11 is 0. The second-order valence-electron chi connectivity index (χ2n) is 5.76. The Labute approximate surface area is 97.9 Å². The van der Waals surface area contributed by atoms with Crippen molar-refractivity contribution in [1.29, 1.82) is 0 Å². The lowest BCUT2D eigenvalue weighted by Crippen LogP contribution is -2.44. The number of nitrogens with zero attached hydrogens (tertiary/aromatic N) is 1. The molecule has 0 spiro atoms. The van der Waals surface area contributed by atoms with Gasteiger partial charge in [-0.3, -0.25) is 4.79 Å². The molecule has 0 N–H and O–H groups in total. The zero-order valence-electron chi connectivity index (χ0n) is 10.5. The average Bonchev–Trinajstić information content (AvgIpc) is 2.39. The smallest absolute Gasteiger partial charge is 0.219 e. The quantitative estimate of drug-likeness (QED) is 0.733. The minimum Gasteiger partial charge on any atom is -0.338 e. The van der Waals surface area contributed by atoms with Crippen LogP contribution in [0.2, 0.25) is 0 Å². The van der Waals surface area contributed by atoms with Crippen molar-refractivity contribution in [3.05, 3.63) is 0 Å². The number of hydrogen-bond acceptors (Lipinski definition) is 3. The van der Waals surface area contributed by atoms with Crippen LogP contribution in [0.25, 0.3) is 0 Å². The molecule has 1 aliphatic rings. The summed E-state index contributed by atoms with van der Waals surface area (Å²) < 4.78 is 22.8. The van der Waals surface area contributed by atoms with Gasteiger partial charge in [0.2, 0.25) is 5.91 Å². The third-order valence-electron chi connectivity index (χ3n) is 2.70. The number of sulfone groups is 1. The van der Waals surface area contributed by atoms with E-state index in [-0.39, 0.29) is 28.9 Å². The Morgan fingerprint density at radius 1 is 1.38 bits per heavy atom. The van der Waals surface area contributed by atoms with E-state index in [9.17, 15) is 13.2 Å². The van der Waals surface area contributed by atoms with Gasteiger partial charge in [-0.15, -0.1) is 0 Å². The molecule has 0 bridgehead atoms. The normalized spacial score (nSPS) is 24.4. The topological polar surface area (TPSA) is 54.5 Å². The van der Waals surface area contributed by atoms with Gasteiger partial charge in [0.15, 0.2) is 9.84 Å². The molecule has 0 aliphatic carbocycles. The van der Waals surface area contributed by atoms with Gasteiger partial charge < -0.3 is 4.90 Å². The maximum Gasteiger partial charge on any atom is 0.219 e. The van der Waals surface area contributed by atoms with E-state index in [1.807, 2.05) is 20.8 Å². The lowest BCUT2D eigenvalue weighted by atomic mass is 9.95. The molecule has 1 heterocycles. The minimum atomic E-state index is -2.92. The molecule has 0 saturated carbocycles. The van der Waals surface area contributed by atoms with Crippen LogP contribution in [0.4, 0.5) is 0 Å². The van der Waals surface area contributed by atoms with E-state index in [1.165, 1.54) is 6.92 Å². The lowest BCUT2D eigenvalue weighted by Gasteiger charge is -2.33. The summed E-state index contributed by atoms with van der Waals surface area (Å²) in [6.45, 7) is 8.27. The molecule has 5 heteroatoms. The van der Waals surface area contributed by atoms with Gasteiger partial charge >= 0.3 is 0 Å². The van der Waals surface area contributed by atoms with E-state index in [1.54, 1.807) is 4.90 Å². The summed E-state index contributed by atoms with van der Waals surface area (Å²) in [4.78, 5) is 13.3. The summed E-state index contributed by atoms with van der Waals surface area (Å²) in [5.74, 6) is 0.311. The summed E-state index contributed by atoms with van der Waals surface area (Å²) in [6.07, 6.45) is 0.581. The van der Waals surface area contributed by atoms with Crippen LogP contribution < -0.4 is 0 Å². The van der Waals surface area contributed by atoms with Crippen LogP contribution in [0.5, 0.6) is 0 Å². The van der Waals surface area contributed by atoms with Crippen molar-refractivity contribution in [2.75, 3.05) is 18.1 Å². The molecule has 1 rings (SSSR count). The summed E-state index contributed by atoms with van der Waals surface area (Å²) in [5, 5.41) is 0. The number of amides is 1. The molecule has 1 aliphatic heterocycles. The van der Waals surface area contributed by atoms with Gasteiger partial charge in [0.1, 0.15) is 0 Å². The molecule has 0 radical (unpaired) electrons. The van der Waals surface area contributed by atoms with Crippen molar-refractivity contribution >= 4 is 15.7 Å². The Morgan fingerprint density at radius 2 is 1.94 bits per heavy atom. The van der Waals surface area contributed by atoms with Crippen molar-refractivity contribution in [2.45, 2.75) is 40.2 Å². The highest BCUT2D eigenvalue weighted by atomic mass is 32.2. The SMILES string of the molecule is CC(=O)N(CC(C)(C)C)C1CCS(=O)(=O)C1. The van der Waals surface area contributed by atoms with E-state index in [4.69, 9.17) is 0 Å². The summed E-state index contributed by atoms with van der Waals surface area (Å²) in [7, 11) is -2.92. The van der Waals surface area contributed by atoms with Crippen molar-refractivity contribution in [2.24, 2.45) is 5.41 Å². The first kappa shape index (κ1) is 13.5. The van der Waals surface area contributed by atoms with Crippen LogP contribution in [-0.2, 0) is 14.6 Å². The summed E-state index contributed by atoms with van der Waals surface area (Å²) in [6, 6.07) is -0.123. The van der Waals surface area contributed by atoms with Gasteiger partial charge in [-0.25, -0.2) is 8.42 Å². The molecular weight excluding hydrogens is 226 g/mol. The predicted octanol–water partition coefficient (Wildman–Crippen LogP) is 1.07. The van der Waals surface area contributed by atoms with Gasteiger partial charge in [-0.05, 0) is 11.8 Å². The molecule has 4 nitrogen and oxygen atoms in total. The fraction of sp³-hybridized carbons (Fsp3) is 0.909. The van der Waals surface area contributed by atoms with Crippen LogP contribution in [-0.4, -0.2) is 43.3 Å². The Bertz CT molecular complexity index is 367. The van der Waals surface area contributed by atoms with Crippen LogP contribution in [0.15, 0.2) is 0 Å². The molecular formula is C11H21NO3S. The van der Waals surface area contributed by atoms with Crippen LogP contribution in [0, 0.1) is 5.41 Å². The molecule has 1 amide bonds. The van der Waals surface area contributed by atoms with Crippen molar-refractivity contribution in [3.63, 3.8) is 0 Å². The Morgan fingerprint density at radius 3 is 2.25 bits per heavy atom. The number of rotatable bonds is 2. The maximum absolute atomic E-state index is 11.6. The standard InChI is InChI=1S/C11H21NO3S/c1-9(13)12(8-11(2,3)4)10-5-6-16(14,15)7-10/h10H,5-8H2,1-4H3. The molecule has 94 valence electrons. The molecule has 1 unspecified atom stereocenters. The van der Waals surface area contributed by atoms with E-state index < -0.39 is 9.84 Å². The van der Waals surface area contributed by atoms with Crippen LogP contribution in [0.3, 0.4) is 0 Å². The first-order chi connectivity index (χ1) is 7.11. The Kier molecular flexibility index (Phi) is 3.67. The molecule has 1 fully saturated rings. The fourth-order valence-corrected chi connectivity index (χ4v) is 3.76. The second kappa shape index (κ2) is 4.35. The molecule has 0 aromatic carbocycles. The third-order valence-corrected chi connectivity index (χ3v) is 4.45. The van der Waals surface area contributed by atoms with Crippen molar-refractivity contribution in [3.8, 4) is 0 Å². The highest BCUT2D eigenvalue weighted by molar-refractivity contribution is 7.91. The van der Waals surface area contributed by atoms with E-state index >= 15 is 0 Å². The predicted molar refractivity (Wildman–Crippen MR) is 63.9 cm³/mol. The van der Waals surface area contributed by atoms with Crippen LogP contribution >= 0.6 is 0 Å². The molecule has 16 heavy (non-hydrogen) atoms. The fourth-order valence-electron chi connectivity index (χ4n) is 2.03. The van der Waals surface area contributed by atoms with Gasteiger partial charge in [0.05, 0.1) is 11.5 Å². The molecule has 0 aromatic rings. The molecule has 1 atom stereocenters. The Balaban J connectivity index is 2.77. The van der Waals surface area contributed by atoms with E-state index in [0.717, 1.165) is 0 Å². The first-order valence-corrected chi connectivity index (χ1v) is 7.40. The largest absolute Gasteiger partial charge is 0.338 e. The van der Waals surface area contributed by atoms with Crippen LogP contribution in [0.1, 0.15) is 34.1 Å². The van der Waals surface area contributed by atoms with E-state index in [2.05, 4.69) is 0 Å². The maximum atomic E-state index is 11.6. The van der Waals surface area contributed by atoms with Crippen molar-refractivity contribution in [1.82, 2.24) is 4.90 Å². The number of hydrogen-bond donors (Lipinski definition) is 0. The number of carbonyl (C=O) groups excluding carboxylic acids is 1. The highest BCUT2D eigenvalue weighted by Gasteiger charge is 2.34. The van der Waals surface area contributed by atoms with Gasteiger partial charge in [0.25, 0.3) is 0 Å². The van der Waals surface area contributed by atoms with E-state index in [0.29, 0.717) is 13.0 Å².